The standard InChI is InChI=1S/C10H10N4O2/c1-4-5-6-11-8-7(13(6)2)9(15)12-10(16)14(8)3/h1-3H3,(H,12,15,16). The van der Waals surface area contributed by atoms with Crippen molar-refractivity contribution in [1.29, 1.82) is 0 Å². The topological polar surface area (TPSA) is 72.7 Å². The molecule has 0 unspecified atom stereocenters. The van der Waals surface area contributed by atoms with E-state index in [9.17, 15) is 9.59 Å². The van der Waals surface area contributed by atoms with Gasteiger partial charge in [0, 0.05) is 14.1 Å². The van der Waals surface area contributed by atoms with E-state index in [1.165, 1.54) is 4.57 Å². The molecule has 2 heterocycles. The molecule has 2 aromatic heterocycles. The van der Waals surface area contributed by atoms with E-state index in [0.29, 0.717) is 17.0 Å². The molecule has 6 nitrogen and oxygen atoms in total. The van der Waals surface area contributed by atoms with Gasteiger partial charge in [0.25, 0.3) is 5.56 Å². The molecule has 0 saturated heterocycles. The van der Waals surface area contributed by atoms with Gasteiger partial charge in [0.15, 0.2) is 17.0 Å². The minimum atomic E-state index is -0.480. The van der Waals surface area contributed by atoms with Crippen LogP contribution in [0.3, 0.4) is 0 Å². The van der Waals surface area contributed by atoms with Crippen LogP contribution in [0.15, 0.2) is 9.59 Å². The summed E-state index contributed by atoms with van der Waals surface area (Å²) in [7, 11) is 3.24. The van der Waals surface area contributed by atoms with E-state index in [2.05, 4.69) is 21.8 Å². The van der Waals surface area contributed by atoms with Crippen LogP contribution < -0.4 is 11.2 Å². The van der Waals surface area contributed by atoms with Gasteiger partial charge in [-0.2, -0.15) is 0 Å². The third-order valence-corrected chi connectivity index (χ3v) is 2.37. The molecule has 6 heteroatoms. The maximum atomic E-state index is 11.6. The van der Waals surface area contributed by atoms with Crippen LogP contribution in [0.1, 0.15) is 12.7 Å². The Balaban J connectivity index is 3.06. The molecule has 0 aliphatic heterocycles. The third kappa shape index (κ3) is 1.26. The molecule has 0 fully saturated rings. The summed E-state index contributed by atoms with van der Waals surface area (Å²) in [5.41, 5.74) is -0.238. The lowest BCUT2D eigenvalue weighted by molar-refractivity contribution is 0.829. The van der Waals surface area contributed by atoms with Gasteiger partial charge in [0.1, 0.15) is 0 Å². The SMILES string of the molecule is CC#Cc1nc2c(c(=O)[nH]c(=O)n2C)n1C. The number of aromatic nitrogens is 4. The lowest BCUT2D eigenvalue weighted by Crippen LogP contribution is -2.29. The van der Waals surface area contributed by atoms with Gasteiger partial charge in [-0.05, 0) is 12.8 Å². The molecule has 0 aliphatic carbocycles. The number of rotatable bonds is 0. The zero-order chi connectivity index (χ0) is 11.9. The predicted octanol–water partition coefficient (Wildman–Crippen LogP) is -0.668. The van der Waals surface area contributed by atoms with Gasteiger partial charge < -0.3 is 4.57 Å². The van der Waals surface area contributed by atoms with Crippen molar-refractivity contribution in [1.82, 2.24) is 19.1 Å². The first-order valence-electron chi connectivity index (χ1n) is 4.64. The maximum Gasteiger partial charge on any atom is 0.329 e. The second-order valence-electron chi connectivity index (χ2n) is 3.36. The van der Waals surface area contributed by atoms with Gasteiger partial charge in [0.05, 0.1) is 0 Å². The van der Waals surface area contributed by atoms with Crippen LogP contribution in [-0.4, -0.2) is 19.1 Å². The molecule has 0 atom stereocenters. The number of H-pyrrole nitrogens is 1. The van der Waals surface area contributed by atoms with Crippen molar-refractivity contribution in [3.63, 3.8) is 0 Å². The van der Waals surface area contributed by atoms with E-state index >= 15 is 0 Å². The summed E-state index contributed by atoms with van der Waals surface area (Å²) < 4.78 is 2.86. The van der Waals surface area contributed by atoms with Crippen molar-refractivity contribution in [2.75, 3.05) is 0 Å². The van der Waals surface area contributed by atoms with Crippen molar-refractivity contribution in [2.24, 2.45) is 14.1 Å². The quantitative estimate of drug-likeness (QED) is 0.596. The van der Waals surface area contributed by atoms with Crippen LogP contribution in [0.4, 0.5) is 0 Å². The summed E-state index contributed by atoms with van der Waals surface area (Å²) in [6.07, 6.45) is 0. The average molecular weight is 218 g/mol. The van der Waals surface area contributed by atoms with E-state index in [4.69, 9.17) is 0 Å². The number of aromatic amines is 1. The Labute approximate surface area is 90.5 Å². The third-order valence-electron chi connectivity index (χ3n) is 2.37. The molecule has 82 valence electrons. The largest absolute Gasteiger partial charge is 0.329 e. The molecule has 0 bridgehead atoms. The second kappa shape index (κ2) is 3.38. The highest BCUT2D eigenvalue weighted by Gasteiger charge is 2.12. The molecule has 0 aromatic carbocycles. The van der Waals surface area contributed by atoms with Gasteiger partial charge in [-0.15, -0.1) is 0 Å². The van der Waals surface area contributed by atoms with Crippen LogP contribution >= 0.6 is 0 Å². The van der Waals surface area contributed by atoms with Crippen molar-refractivity contribution < 1.29 is 0 Å². The first-order chi connectivity index (χ1) is 7.56. The highest BCUT2D eigenvalue weighted by atomic mass is 16.2. The highest BCUT2D eigenvalue weighted by Crippen LogP contribution is 2.06. The maximum absolute atomic E-state index is 11.6. The van der Waals surface area contributed by atoms with E-state index in [1.54, 1.807) is 25.6 Å². The van der Waals surface area contributed by atoms with Crippen molar-refractivity contribution in [3.8, 4) is 11.8 Å². The van der Waals surface area contributed by atoms with Crippen LogP contribution in [0.2, 0.25) is 0 Å². The number of hydrogen-bond acceptors (Lipinski definition) is 3. The average Bonchev–Trinajstić information content (AvgIpc) is 2.55. The summed E-state index contributed by atoms with van der Waals surface area (Å²) in [6.45, 7) is 1.68. The monoisotopic (exact) mass is 218 g/mol. The Bertz CT molecular complexity index is 736. The van der Waals surface area contributed by atoms with E-state index in [1.807, 2.05) is 0 Å². The molecule has 1 N–H and O–H groups in total. The van der Waals surface area contributed by atoms with E-state index in [0.717, 1.165) is 0 Å². The number of nitrogens with one attached hydrogen (secondary N) is 1. The molecule has 2 rings (SSSR count). The van der Waals surface area contributed by atoms with Crippen molar-refractivity contribution >= 4 is 11.2 Å². The molecule has 0 amide bonds. The minimum Gasteiger partial charge on any atom is -0.315 e. The Kier molecular flexibility index (Phi) is 2.16. The highest BCUT2D eigenvalue weighted by molar-refractivity contribution is 5.71. The lowest BCUT2D eigenvalue weighted by Gasteiger charge is -1.97. The predicted molar refractivity (Wildman–Crippen MR) is 59.1 cm³/mol. The Hall–Kier alpha value is -2.29. The summed E-state index contributed by atoms with van der Waals surface area (Å²) >= 11 is 0. The second-order valence-corrected chi connectivity index (χ2v) is 3.36. The van der Waals surface area contributed by atoms with Gasteiger partial charge in [-0.1, -0.05) is 5.92 Å². The van der Waals surface area contributed by atoms with Crippen LogP contribution in [0.5, 0.6) is 0 Å². The molecule has 0 aliphatic rings. The van der Waals surface area contributed by atoms with Crippen molar-refractivity contribution in [3.05, 3.63) is 26.7 Å². The fraction of sp³-hybridized carbons (Fsp3) is 0.300. The molecule has 0 spiro atoms. The summed E-state index contributed by atoms with van der Waals surface area (Å²) in [5.74, 6) is 5.94. The van der Waals surface area contributed by atoms with Crippen LogP contribution in [0.25, 0.3) is 11.2 Å². The zero-order valence-electron chi connectivity index (χ0n) is 9.16. The summed E-state index contributed by atoms with van der Waals surface area (Å²) in [6, 6.07) is 0. The lowest BCUT2D eigenvalue weighted by atomic mass is 10.5. The number of nitrogens with zero attached hydrogens (tertiary/aromatic N) is 3. The number of fused-ring (bicyclic) bond motifs is 1. The summed E-state index contributed by atoms with van der Waals surface area (Å²) in [5, 5.41) is 0. The Morgan fingerprint density at radius 2 is 1.94 bits per heavy atom. The fourth-order valence-corrected chi connectivity index (χ4v) is 1.53. The van der Waals surface area contributed by atoms with Crippen LogP contribution in [-0.2, 0) is 14.1 Å². The van der Waals surface area contributed by atoms with Gasteiger partial charge >= 0.3 is 5.69 Å². The normalized spacial score (nSPS) is 10.2. The molecule has 0 radical (unpaired) electrons. The molecule has 0 saturated carbocycles. The molecular formula is C10H10N4O2. The molecule has 16 heavy (non-hydrogen) atoms. The smallest absolute Gasteiger partial charge is 0.315 e. The van der Waals surface area contributed by atoms with Crippen LogP contribution in [0, 0.1) is 11.8 Å². The van der Waals surface area contributed by atoms with Gasteiger partial charge in [0.2, 0.25) is 0 Å². The summed E-state index contributed by atoms with van der Waals surface area (Å²) in [4.78, 5) is 29.3. The number of hydrogen-bond donors (Lipinski definition) is 1. The number of imidazole rings is 1. The molecule has 2 aromatic rings. The van der Waals surface area contributed by atoms with Gasteiger partial charge in [-0.3, -0.25) is 14.3 Å². The van der Waals surface area contributed by atoms with E-state index < -0.39 is 11.2 Å². The zero-order valence-corrected chi connectivity index (χ0v) is 9.16. The Morgan fingerprint density at radius 3 is 2.56 bits per heavy atom. The van der Waals surface area contributed by atoms with Gasteiger partial charge in [-0.25, -0.2) is 9.78 Å². The van der Waals surface area contributed by atoms with Crippen molar-refractivity contribution in [2.45, 2.75) is 6.92 Å². The fourth-order valence-electron chi connectivity index (χ4n) is 1.53. The minimum absolute atomic E-state index is 0.342. The number of aryl methyl sites for hydroxylation is 2. The Morgan fingerprint density at radius 1 is 1.25 bits per heavy atom. The first-order valence-corrected chi connectivity index (χ1v) is 4.64. The van der Waals surface area contributed by atoms with E-state index in [-0.39, 0.29) is 0 Å². The molecular weight excluding hydrogens is 208 g/mol. The first kappa shape index (κ1) is 10.2.